The molecule has 4 bridgehead atoms. The maximum absolute atomic E-state index is 13.3. The van der Waals surface area contributed by atoms with Crippen molar-refractivity contribution < 1.29 is 14.3 Å². The molecule has 0 unspecified atom stereocenters. The van der Waals surface area contributed by atoms with Gasteiger partial charge in [0.15, 0.2) is 14.3 Å². The van der Waals surface area contributed by atoms with Gasteiger partial charge in [-0.15, -0.1) is 0 Å². The van der Waals surface area contributed by atoms with Gasteiger partial charge in [0, 0.05) is 38.8 Å². The maximum Gasteiger partial charge on any atom is 0.514 e. The molecule has 0 N–H and O–H groups in total. The minimum Gasteiger partial charge on any atom is -0.427 e. The summed E-state index contributed by atoms with van der Waals surface area (Å²) in [5, 5.41) is 2.63. The molecule has 8 rings (SSSR count). The van der Waals surface area contributed by atoms with E-state index in [0.717, 1.165) is 28.9 Å². The van der Waals surface area contributed by atoms with E-state index in [1.165, 1.54) is 63.6 Å². The van der Waals surface area contributed by atoms with Gasteiger partial charge in [-0.3, -0.25) is 0 Å². The predicted molar refractivity (Wildman–Crippen MR) is 157 cm³/mol. The van der Waals surface area contributed by atoms with Crippen molar-refractivity contribution in [2.75, 3.05) is 0 Å². The van der Waals surface area contributed by atoms with Crippen LogP contribution in [0.4, 0.5) is 4.79 Å². The van der Waals surface area contributed by atoms with Crippen molar-refractivity contribution in [1.82, 2.24) is 0 Å². The number of hydrogen-bond donors (Lipinski definition) is 0. The third-order valence-electron chi connectivity index (χ3n) is 10.0. The van der Waals surface area contributed by atoms with Gasteiger partial charge < -0.3 is 9.47 Å². The van der Waals surface area contributed by atoms with Crippen LogP contribution >= 0.6 is 10.5 Å². The summed E-state index contributed by atoms with van der Waals surface area (Å²) in [5.41, 5.74) is 1.51. The average molecular weight is 526 g/mol. The minimum absolute atomic E-state index is 0.0963. The lowest BCUT2D eigenvalue weighted by Gasteiger charge is -2.61. The first-order chi connectivity index (χ1) is 18.2. The third-order valence-corrected chi connectivity index (χ3v) is 12.3. The monoisotopic (exact) mass is 525 g/mol. The Kier molecular flexibility index (Phi) is 5.46. The Morgan fingerprint density at radius 3 is 1.79 bits per heavy atom. The molecule has 4 saturated carbocycles. The zero-order valence-corrected chi connectivity index (χ0v) is 23.7. The number of benzene rings is 3. The van der Waals surface area contributed by atoms with Crippen LogP contribution in [-0.4, -0.2) is 11.8 Å². The second-order valence-corrected chi connectivity index (χ2v) is 14.8. The molecule has 1 heterocycles. The number of carbonyl (C=O) groups is 1. The van der Waals surface area contributed by atoms with E-state index in [2.05, 4.69) is 74.5 Å². The van der Waals surface area contributed by atoms with E-state index in [1.807, 2.05) is 13.8 Å². The van der Waals surface area contributed by atoms with Crippen molar-refractivity contribution in [2.45, 2.75) is 71.8 Å². The topological polar surface area (TPSA) is 35.5 Å². The molecule has 4 aromatic rings. The number of carbonyl (C=O) groups excluding carboxylic acids is 1. The fourth-order valence-corrected chi connectivity index (χ4v) is 11.1. The van der Waals surface area contributed by atoms with Crippen molar-refractivity contribution >= 4 is 36.8 Å². The van der Waals surface area contributed by atoms with Crippen molar-refractivity contribution in [3.63, 3.8) is 0 Å². The van der Waals surface area contributed by atoms with Gasteiger partial charge in [-0.1, -0.05) is 24.3 Å². The maximum atomic E-state index is 13.3. The van der Waals surface area contributed by atoms with Gasteiger partial charge in [0.05, 0.1) is 0 Å². The van der Waals surface area contributed by atoms with Gasteiger partial charge in [0.1, 0.15) is 11.4 Å². The van der Waals surface area contributed by atoms with Gasteiger partial charge >= 0.3 is 6.16 Å². The van der Waals surface area contributed by atoms with Gasteiger partial charge in [-0.25, -0.2) is 4.79 Å². The lowest BCUT2D eigenvalue weighted by Crippen LogP contribution is -2.57. The Bertz CT molecular complexity index is 1460. The minimum atomic E-state index is -0.566. The average Bonchev–Trinajstić information content (AvgIpc) is 3.19. The molecule has 38 heavy (non-hydrogen) atoms. The van der Waals surface area contributed by atoms with E-state index in [1.54, 1.807) is 0 Å². The van der Waals surface area contributed by atoms with Crippen LogP contribution in [0.5, 0.6) is 5.75 Å². The standard InChI is InChI=1S/C34H37O3S/c1-21-13-26(38-29-11-7-5-9-27(29)28-10-6-8-12-30(28)38)14-22(2)31(21)36-32(35)37-33(3,4)34-18-23-15-24(19-34)17-25(16-23)20-34/h5-14,23-25H,15-20H2,1-4H3/q+1. The highest BCUT2D eigenvalue weighted by Crippen LogP contribution is 2.64. The summed E-state index contributed by atoms with van der Waals surface area (Å²) < 4.78 is 14.9. The first-order valence-electron chi connectivity index (χ1n) is 14.2. The van der Waals surface area contributed by atoms with Crippen molar-refractivity contribution in [3.05, 3.63) is 71.8 Å². The number of rotatable bonds is 4. The number of hydrogen-bond acceptors (Lipinski definition) is 3. The van der Waals surface area contributed by atoms with Crippen molar-refractivity contribution in [1.29, 1.82) is 0 Å². The third kappa shape index (κ3) is 3.71. The van der Waals surface area contributed by atoms with Gasteiger partial charge in [-0.05, 0) is 119 Å². The van der Waals surface area contributed by atoms with Crippen LogP contribution in [0, 0.1) is 37.0 Å². The van der Waals surface area contributed by atoms with E-state index in [9.17, 15) is 4.79 Å². The highest BCUT2D eigenvalue weighted by molar-refractivity contribution is 7.50. The Hall–Kier alpha value is -2.85. The normalized spacial score (nSPS) is 26.3. The highest BCUT2D eigenvalue weighted by atomic mass is 32.2. The molecule has 4 aliphatic carbocycles. The predicted octanol–water partition coefficient (Wildman–Crippen LogP) is 9.86. The van der Waals surface area contributed by atoms with Crippen LogP contribution in [0.1, 0.15) is 63.5 Å². The summed E-state index contributed by atoms with van der Waals surface area (Å²) in [6, 6.07) is 21.8. The number of thiophene rings is 1. The molecule has 4 fully saturated rings. The summed E-state index contributed by atoms with van der Waals surface area (Å²) >= 11 is 0. The molecule has 196 valence electrons. The molecule has 4 aliphatic rings. The fraction of sp³-hybridized carbons (Fsp3) is 0.441. The van der Waals surface area contributed by atoms with Gasteiger partial charge in [0.25, 0.3) is 0 Å². The highest BCUT2D eigenvalue weighted by Gasteiger charge is 2.59. The molecule has 0 aliphatic heterocycles. The molecule has 3 aromatic carbocycles. The Morgan fingerprint density at radius 1 is 0.816 bits per heavy atom. The quantitative estimate of drug-likeness (QED) is 0.151. The number of ether oxygens (including phenoxy) is 2. The van der Waals surface area contributed by atoms with Crippen LogP contribution in [0.3, 0.4) is 0 Å². The second-order valence-electron chi connectivity index (χ2n) is 12.8. The van der Waals surface area contributed by atoms with Gasteiger partial charge in [0.2, 0.25) is 0 Å². The summed E-state index contributed by atoms with van der Waals surface area (Å²) in [5.74, 6) is 3.06. The van der Waals surface area contributed by atoms with Crippen LogP contribution in [0.25, 0.3) is 25.1 Å². The van der Waals surface area contributed by atoms with Crippen LogP contribution < -0.4 is 4.74 Å². The number of fused-ring (bicyclic) bond motifs is 3. The molecule has 0 spiro atoms. The van der Waals surface area contributed by atoms with E-state index in [0.29, 0.717) is 5.75 Å². The Labute approximate surface area is 228 Å². The SMILES string of the molecule is Cc1cc(-[s+]2c3ccccc3c3ccccc32)cc(C)c1OC(=O)OC(C)(C)C12CC3CC(CC(C3)C1)C2. The molecule has 4 heteroatoms. The summed E-state index contributed by atoms with van der Waals surface area (Å²) in [7, 11) is -0.176. The van der Waals surface area contributed by atoms with Crippen molar-refractivity contribution in [2.24, 2.45) is 23.2 Å². The summed E-state index contributed by atoms with van der Waals surface area (Å²) in [6.45, 7) is 8.34. The first kappa shape index (κ1) is 24.2. The number of aryl methyl sites for hydroxylation is 2. The molecular formula is C34H37O3S+. The molecule has 0 saturated heterocycles. The fourth-order valence-electron chi connectivity index (χ4n) is 8.56. The molecule has 0 atom stereocenters. The van der Waals surface area contributed by atoms with E-state index in [4.69, 9.17) is 9.47 Å². The summed E-state index contributed by atoms with van der Waals surface area (Å²) in [6.07, 6.45) is 7.14. The van der Waals surface area contributed by atoms with Gasteiger partial charge in [-0.2, -0.15) is 0 Å². The Morgan fingerprint density at radius 2 is 1.29 bits per heavy atom. The summed E-state index contributed by atoms with van der Waals surface area (Å²) in [4.78, 5) is 14.5. The van der Waals surface area contributed by atoms with Crippen LogP contribution in [0.15, 0.2) is 60.7 Å². The van der Waals surface area contributed by atoms with Crippen LogP contribution in [0.2, 0.25) is 0 Å². The molecule has 0 radical (unpaired) electrons. The molecular weight excluding hydrogens is 488 g/mol. The molecule has 0 amide bonds. The molecule has 3 nitrogen and oxygen atoms in total. The van der Waals surface area contributed by atoms with E-state index in [-0.39, 0.29) is 15.9 Å². The Balaban J connectivity index is 1.17. The zero-order chi connectivity index (χ0) is 26.2. The second kappa shape index (κ2) is 8.58. The zero-order valence-electron chi connectivity index (χ0n) is 22.9. The van der Waals surface area contributed by atoms with E-state index < -0.39 is 11.8 Å². The van der Waals surface area contributed by atoms with Crippen LogP contribution in [-0.2, 0) is 4.74 Å². The lowest BCUT2D eigenvalue weighted by molar-refractivity contribution is -0.168. The lowest BCUT2D eigenvalue weighted by atomic mass is 9.46. The van der Waals surface area contributed by atoms with Crippen molar-refractivity contribution in [3.8, 4) is 10.6 Å². The smallest absolute Gasteiger partial charge is 0.427 e. The first-order valence-corrected chi connectivity index (χ1v) is 15.4. The molecule has 1 aromatic heterocycles. The largest absolute Gasteiger partial charge is 0.514 e. The van der Waals surface area contributed by atoms with E-state index >= 15 is 0 Å².